The van der Waals surface area contributed by atoms with Crippen molar-refractivity contribution in [1.82, 2.24) is 19.2 Å². The van der Waals surface area contributed by atoms with Crippen LogP contribution in [0.5, 0.6) is 5.88 Å². The van der Waals surface area contributed by atoms with E-state index in [1.54, 1.807) is 10.6 Å². The summed E-state index contributed by atoms with van der Waals surface area (Å²) in [6.45, 7) is 4.40. The topological polar surface area (TPSA) is 87.4 Å². The molecule has 2 heterocycles. The van der Waals surface area contributed by atoms with Crippen molar-refractivity contribution < 1.29 is 4.74 Å². The second-order valence-electron chi connectivity index (χ2n) is 6.05. The molecule has 2 N–H and O–H groups in total. The fraction of sp³-hybridized carbons (Fsp3) is 0.353. The minimum absolute atomic E-state index is 0.145. The van der Waals surface area contributed by atoms with Crippen LogP contribution in [0.4, 0.5) is 0 Å². The molecule has 0 aliphatic rings. The van der Waals surface area contributed by atoms with E-state index in [1.807, 2.05) is 44.2 Å². The van der Waals surface area contributed by atoms with E-state index in [9.17, 15) is 4.79 Å². The highest BCUT2D eigenvalue weighted by Crippen LogP contribution is 2.19. The summed E-state index contributed by atoms with van der Waals surface area (Å²) in [6, 6.07) is 11.0. The first-order valence-electron chi connectivity index (χ1n) is 7.85. The standard InChI is InChI=1S/C17H21N5O2/c1-11(2)15(18)16-19-13-9-14(24-3)20-22(13)17(23)21(16)10-12-7-5-4-6-8-12/h4-9,11,15H,10,18H2,1-3H3. The van der Waals surface area contributed by atoms with E-state index >= 15 is 0 Å². The molecule has 1 atom stereocenters. The predicted octanol–water partition coefficient (Wildman–Crippen LogP) is 1.60. The van der Waals surface area contributed by atoms with Crippen molar-refractivity contribution in [3.05, 3.63) is 58.3 Å². The lowest BCUT2D eigenvalue weighted by atomic mass is 10.0. The third kappa shape index (κ3) is 2.90. The molecule has 0 aliphatic heterocycles. The maximum Gasteiger partial charge on any atom is 0.352 e. The van der Waals surface area contributed by atoms with E-state index in [-0.39, 0.29) is 17.6 Å². The zero-order chi connectivity index (χ0) is 17.3. The Labute approximate surface area is 139 Å². The normalized spacial score (nSPS) is 12.7. The van der Waals surface area contributed by atoms with Crippen molar-refractivity contribution in [3.8, 4) is 5.88 Å². The molecule has 0 amide bonds. The Kier molecular flexibility index (Phi) is 4.35. The van der Waals surface area contributed by atoms with Gasteiger partial charge in [0.1, 0.15) is 5.82 Å². The molecule has 2 aromatic heterocycles. The highest BCUT2D eigenvalue weighted by atomic mass is 16.5. The molecule has 0 aliphatic carbocycles. The molecule has 0 bridgehead atoms. The van der Waals surface area contributed by atoms with Gasteiger partial charge in [-0.25, -0.2) is 9.78 Å². The van der Waals surface area contributed by atoms with Gasteiger partial charge in [0.25, 0.3) is 0 Å². The van der Waals surface area contributed by atoms with Gasteiger partial charge in [-0.3, -0.25) is 4.57 Å². The fourth-order valence-corrected chi connectivity index (χ4v) is 2.53. The van der Waals surface area contributed by atoms with Gasteiger partial charge in [0.2, 0.25) is 5.88 Å². The number of methoxy groups -OCH3 is 1. The second-order valence-corrected chi connectivity index (χ2v) is 6.05. The number of nitrogens with two attached hydrogens (primary N) is 1. The first kappa shape index (κ1) is 16.2. The fourth-order valence-electron chi connectivity index (χ4n) is 2.53. The predicted molar refractivity (Wildman–Crippen MR) is 91.1 cm³/mol. The van der Waals surface area contributed by atoms with Crippen LogP contribution >= 0.6 is 0 Å². The third-order valence-electron chi connectivity index (χ3n) is 3.99. The van der Waals surface area contributed by atoms with E-state index in [4.69, 9.17) is 10.5 Å². The highest BCUT2D eigenvalue weighted by Gasteiger charge is 2.21. The first-order valence-corrected chi connectivity index (χ1v) is 7.85. The van der Waals surface area contributed by atoms with E-state index in [0.717, 1.165) is 5.56 Å². The summed E-state index contributed by atoms with van der Waals surface area (Å²) in [5.41, 5.74) is 7.46. The third-order valence-corrected chi connectivity index (χ3v) is 3.99. The zero-order valence-corrected chi connectivity index (χ0v) is 14.0. The van der Waals surface area contributed by atoms with Crippen LogP contribution in [0.2, 0.25) is 0 Å². The maximum atomic E-state index is 12.9. The molecule has 0 saturated carbocycles. The summed E-state index contributed by atoms with van der Waals surface area (Å²) in [6.07, 6.45) is 0. The van der Waals surface area contributed by atoms with Crippen LogP contribution in [0.25, 0.3) is 5.65 Å². The van der Waals surface area contributed by atoms with Gasteiger partial charge in [-0.2, -0.15) is 4.52 Å². The molecule has 0 saturated heterocycles. The van der Waals surface area contributed by atoms with Crippen LogP contribution in [0.15, 0.2) is 41.2 Å². The van der Waals surface area contributed by atoms with Gasteiger partial charge in [-0.1, -0.05) is 44.2 Å². The van der Waals surface area contributed by atoms with Gasteiger partial charge in [0.15, 0.2) is 5.65 Å². The smallest absolute Gasteiger partial charge is 0.352 e. The summed E-state index contributed by atoms with van der Waals surface area (Å²) in [5, 5.41) is 4.14. The Bertz CT molecular complexity index is 898. The molecule has 1 aromatic carbocycles. The van der Waals surface area contributed by atoms with E-state index in [1.165, 1.54) is 11.6 Å². The zero-order valence-electron chi connectivity index (χ0n) is 14.0. The number of aromatic nitrogens is 4. The molecule has 1 unspecified atom stereocenters. The lowest BCUT2D eigenvalue weighted by Crippen LogP contribution is -2.35. The van der Waals surface area contributed by atoms with Gasteiger partial charge in [0, 0.05) is 6.07 Å². The summed E-state index contributed by atoms with van der Waals surface area (Å²) >= 11 is 0. The Morgan fingerprint density at radius 1 is 1.25 bits per heavy atom. The van der Waals surface area contributed by atoms with Gasteiger partial charge in [-0.15, -0.1) is 5.10 Å². The minimum Gasteiger partial charge on any atom is -0.480 e. The average Bonchev–Trinajstić information content (AvgIpc) is 3.01. The quantitative estimate of drug-likeness (QED) is 0.769. The number of ether oxygens (including phenoxy) is 1. The molecule has 7 nitrogen and oxygen atoms in total. The van der Waals surface area contributed by atoms with Crippen LogP contribution in [0.3, 0.4) is 0 Å². The van der Waals surface area contributed by atoms with E-state index in [0.29, 0.717) is 23.9 Å². The van der Waals surface area contributed by atoms with Crippen LogP contribution in [-0.4, -0.2) is 26.3 Å². The van der Waals surface area contributed by atoms with Crippen molar-refractivity contribution >= 4 is 5.65 Å². The van der Waals surface area contributed by atoms with Crippen LogP contribution in [0, 0.1) is 5.92 Å². The summed E-state index contributed by atoms with van der Waals surface area (Å²) in [7, 11) is 1.50. The average molecular weight is 327 g/mol. The molecule has 3 rings (SSSR count). The minimum atomic E-state index is -0.354. The van der Waals surface area contributed by atoms with Gasteiger partial charge in [0.05, 0.1) is 19.7 Å². The summed E-state index contributed by atoms with van der Waals surface area (Å²) in [5.74, 6) is 1.04. The Morgan fingerprint density at radius 2 is 1.96 bits per heavy atom. The SMILES string of the molecule is COc1cc2nc(C(N)C(C)C)n(Cc3ccccc3)c(=O)n2n1. The van der Waals surface area contributed by atoms with Crippen LogP contribution in [-0.2, 0) is 6.54 Å². The van der Waals surface area contributed by atoms with E-state index in [2.05, 4.69) is 10.1 Å². The number of hydrogen-bond donors (Lipinski definition) is 1. The lowest BCUT2D eigenvalue weighted by molar-refractivity contribution is 0.393. The molecule has 0 spiro atoms. The number of nitrogens with zero attached hydrogens (tertiary/aromatic N) is 4. The summed E-state index contributed by atoms with van der Waals surface area (Å²) < 4.78 is 7.94. The van der Waals surface area contributed by atoms with Crippen molar-refractivity contribution in [3.63, 3.8) is 0 Å². The first-order chi connectivity index (χ1) is 11.5. The van der Waals surface area contributed by atoms with Crippen molar-refractivity contribution in [2.24, 2.45) is 11.7 Å². The van der Waals surface area contributed by atoms with Crippen molar-refractivity contribution in [1.29, 1.82) is 0 Å². The van der Waals surface area contributed by atoms with E-state index < -0.39 is 0 Å². The van der Waals surface area contributed by atoms with Gasteiger partial charge < -0.3 is 10.5 Å². The monoisotopic (exact) mass is 327 g/mol. The van der Waals surface area contributed by atoms with Gasteiger partial charge >= 0.3 is 5.69 Å². The van der Waals surface area contributed by atoms with Crippen molar-refractivity contribution in [2.45, 2.75) is 26.4 Å². The Morgan fingerprint density at radius 3 is 2.58 bits per heavy atom. The lowest BCUT2D eigenvalue weighted by Gasteiger charge is -2.20. The molecule has 0 fully saturated rings. The molecule has 24 heavy (non-hydrogen) atoms. The molecule has 3 aromatic rings. The van der Waals surface area contributed by atoms with Crippen molar-refractivity contribution in [2.75, 3.05) is 7.11 Å². The number of fused-ring (bicyclic) bond motifs is 1. The molecule has 0 radical (unpaired) electrons. The number of rotatable bonds is 5. The number of benzene rings is 1. The summed E-state index contributed by atoms with van der Waals surface area (Å²) in [4.78, 5) is 17.5. The second kappa shape index (κ2) is 6.45. The van der Waals surface area contributed by atoms with Gasteiger partial charge in [-0.05, 0) is 11.5 Å². The maximum absolute atomic E-state index is 12.9. The van der Waals surface area contributed by atoms with Crippen LogP contribution < -0.4 is 16.2 Å². The molecule has 7 heteroatoms. The Balaban J connectivity index is 2.21. The Hall–Kier alpha value is -2.67. The molecule has 126 valence electrons. The largest absolute Gasteiger partial charge is 0.480 e. The highest BCUT2D eigenvalue weighted by molar-refractivity contribution is 5.41. The molecular weight excluding hydrogens is 306 g/mol. The van der Waals surface area contributed by atoms with Crippen LogP contribution in [0.1, 0.15) is 31.3 Å². The molecular formula is C17H21N5O2. The number of hydrogen-bond acceptors (Lipinski definition) is 5.